The topological polar surface area (TPSA) is 69.1 Å². The third kappa shape index (κ3) is 3.51. The second-order valence-corrected chi connectivity index (χ2v) is 12.3. The first-order chi connectivity index (χ1) is 23.8. The fraction of sp³-hybridized carbons (Fsp3) is 0. The fourth-order valence-electron chi connectivity index (χ4n) is 7.42. The first kappa shape index (κ1) is 25.5. The molecule has 0 unspecified atom stereocenters. The van der Waals surface area contributed by atoms with Crippen LogP contribution in [-0.2, 0) is 0 Å². The van der Waals surface area contributed by atoms with E-state index in [-0.39, 0.29) is 0 Å². The molecule has 6 heteroatoms. The summed E-state index contributed by atoms with van der Waals surface area (Å²) in [7, 11) is 0. The summed E-state index contributed by atoms with van der Waals surface area (Å²) in [6.07, 6.45) is 3.89. The summed E-state index contributed by atoms with van der Waals surface area (Å²) in [4.78, 5) is 20.5. The van der Waals surface area contributed by atoms with Gasteiger partial charge in [-0.25, -0.2) is 15.0 Å². The van der Waals surface area contributed by atoms with Gasteiger partial charge in [-0.05, 0) is 52.6 Å². The van der Waals surface area contributed by atoms with E-state index in [0.717, 1.165) is 105 Å². The zero-order chi connectivity index (χ0) is 31.3. The first-order valence-electron chi connectivity index (χ1n) is 16.0. The maximum atomic E-state index is 6.30. The molecule has 0 aliphatic heterocycles. The summed E-state index contributed by atoms with van der Waals surface area (Å²) in [6, 6.07) is 43.8. The van der Waals surface area contributed by atoms with Gasteiger partial charge in [0, 0.05) is 38.7 Å². The zero-order valence-corrected chi connectivity index (χ0v) is 25.4. The Morgan fingerprint density at radius 2 is 1.31 bits per heavy atom. The van der Waals surface area contributed by atoms with E-state index in [0.29, 0.717) is 0 Å². The number of imidazole rings is 1. The number of benzene rings is 6. The highest BCUT2D eigenvalue weighted by molar-refractivity contribution is 6.25. The summed E-state index contributed by atoms with van der Waals surface area (Å²) in [5, 5.41) is 8.83. The number of aromatic nitrogens is 5. The lowest BCUT2D eigenvalue weighted by atomic mass is 9.96. The minimum absolute atomic E-state index is 0.756. The van der Waals surface area contributed by atoms with E-state index in [1.165, 1.54) is 0 Å². The molecular weight excluding hydrogens is 590 g/mol. The number of nitrogens with zero attached hydrogens (tertiary/aromatic N) is 5. The van der Waals surface area contributed by atoms with Gasteiger partial charge < -0.3 is 4.42 Å². The zero-order valence-electron chi connectivity index (χ0n) is 25.4. The van der Waals surface area contributed by atoms with Gasteiger partial charge in [-0.15, -0.1) is 0 Å². The molecule has 0 saturated carbocycles. The third-order valence-corrected chi connectivity index (χ3v) is 9.61. The number of hydrogen-bond donors (Lipinski definition) is 0. The largest absolute Gasteiger partial charge is 0.455 e. The average molecular weight is 614 g/mol. The van der Waals surface area contributed by atoms with Crippen molar-refractivity contribution in [2.75, 3.05) is 0 Å². The van der Waals surface area contributed by atoms with Gasteiger partial charge in [0.05, 0.1) is 39.7 Å². The number of para-hydroxylation sites is 1. The molecule has 0 fully saturated rings. The molecule has 5 heterocycles. The number of fused-ring (bicyclic) bond motifs is 14. The van der Waals surface area contributed by atoms with Crippen molar-refractivity contribution >= 4 is 82.0 Å². The molecule has 0 saturated heterocycles. The Morgan fingerprint density at radius 1 is 0.500 bits per heavy atom. The van der Waals surface area contributed by atoms with Gasteiger partial charge in [0.25, 0.3) is 0 Å². The highest BCUT2D eigenvalue weighted by atomic mass is 16.3. The van der Waals surface area contributed by atoms with Crippen molar-refractivity contribution in [3.8, 4) is 22.6 Å². The van der Waals surface area contributed by atoms with E-state index in [4.69, 9.17) is 24.4 Å². The van der Waals surface area contributed by atoms with Gasteiger partial charge in [0.1, 0.15) is 16.9 Å². The molecule has 5 aromatic heterocycles. The molecule has 0 radical (unpaired) electrons. The minimum atomic E-state index is 0.756. The van der Waals surface area contributed by atoms with Gasteiger partial charge in [-0.3, -0.25) is 9.38 Å². The predicted octanol–water partition coefficient (Wildman–Crippen LogP) is 10.5. The molecule has 222 valence electrons. The standard InChI is InChI=1S/C42H23N5O/c1-2-10-26-24(9-1)17-19-34-39(26)46-41(33-14-7-8-20-43-33)38(44-34)25-16-18-30-31(21-25)27-11-3-4-13-29(27)40-42(30)47-23-36-32(22-37(47)45-40)28-12-5-6-15-35(28)48-36/h1-23H. The van der Waals surface area contributed by atoms with Crippen molar-refractivity contribution in [2.24, 2.45) is 0 Å². The molecule has 0 aliphatic carbocycles. The van der Waals surface area contributed by atoms with Gasteiger partial charge >= 0.3 is 0 Å². The molecule has 0 spiro atoms. The lowest BCUT2D eigenvalue weighted by Crippen LogP contribution is -1.98. The van der Waals surface area contributed by atoms with Crippen molar-refractivity contribution in [3.05, 3.63) is 140 Å². The Kier molecular flexibility index (Phi) is 5.02. The van der Waals surface area contributed by atoms with E-state index >= 15 is 0 Å². The molecular formula is C42H23N5O. The number of pyridine rings is 2. The van der Waals surface area contributed by atoms with Crippen molar-refractivity contribution in [1.29, 1.82) is 0 Å². The molecule has 0 amide bonds. The van der Waals surface area contributed by atoms with E-state index in [1.54, 1.807) is 0 Å². The van der Waals surface area contributed by atoms with Crippen LogP contribution in [0.1, 0.15) is 0 Å². The van der Waals surface area contributed by atoms with Crippen LogP contribution in [-0.4, -0.2) is 24.3 Å². The van der Waals surface area contributed by atoms with Gasteiger partial charge in [0.2, 0.25) is 0 Å². The highest BCUT2D eigenvalue weighted by Gasteiger charge is 2.20. The molecule has 6 nitrogen and oxygen atoms in total. The van der Waals surface area contributed by atoms with Crippen LogP contribution in [0.4, 0.5) is 0 Å². The summed E-state index contributed by atoms with van der Waals surface area (Å²) < 4.78 is 8.48. The molecule has 6 aromatic carbocycles. The number of furan rings is 1. The second-order valence-electron chi connectivity index (χ2n) is 12.3. The summed E-state index contributed by atoms with van der Waals surface area (Å²) in [5.74, 6) is 0. The lowest BCUT2D eigenvalue weighted by molar-refractivity contribution is 0.666. The number of hydrogen-bond acceptors (Lipinski definition) is 5. The molecule has 0 atom stereocenters. The van der Waals surface area contributed by atoms with Crippen LogP contribution in [0.15, 0.2) is 144 Å². The van der Waals surface area contributed by atoms with Crippen molar-refractivity contribution < 1.29 is 4.42 Å². The van der Waals surface area contributed by atoms with Crippen molar-refractivity contribution in [2.45, 2.75) is 0 Å². The fourth-order valence-corrected chi connectivity index (χ4v) is 7.42. The van der Waals surface area contributed by atoms with E-state index in [2.05, 4.69) is 95.5 Å². The molecule has 0 aliphatic rings. The van der Waals surface area contributed by atoms with Crippen LogP contribution in [0.25, 0.3) is 105 Å². The predicted molar refractivity (Wildman–Crippen MR) is 194 cm³/mol. The smallest absolute Gasteiger partial charge is 0.152 e. The number of rotatable bonds is 2. The van der Waals surface area contributed by atoms with Crippen LogP contribution >= 0.6 is 0 Å². The second kappa shape index (κ2) is 9.44. The van der Waals surface area contributed by atoms with Crippen molar-refractivity contribution in [3.63, 3.8) is 0 Å². The Labute approximate surface area is 272 Å². The monoisotopic (exact) mass is 613 g/mol. The van der Waals surface area contributed by atoms with E-state index in [9.17, 15) is 0 Å². The quantitative estimate of drug-likeness (QED) is 0.181. The minimum Gasteiger partial charge on any atom is -0.455 e. The Hall–Kier alpha value is -6.66. The summed E-state index contributed by atoms with van der Waals surface area (Å²) >= 11 is 0. The lowest BCUT2D eigenvalue weighted by Gasteiger charge is -2.13. The van der Waals surface area contributed by atoms with Crippen LogP contribution in [0.3, 0.4) is 0 Å². The average Bonchev–Trinajstić information content (AvgIpc) is 3.71. The third-order valence-electron chi connectivity index (χ3n) is 9.61. The molecule has 0 N–H and O–H groups in total. The van der Waals surface area contributed by atoms with Crippen molar-refractivity contribution in [1.82, 2.24) is 24.3 Å². The van der Waals surface area contributed by atoms with Crippen LogP contribution in [0.2, 0.25) is 0 Å². The van der Waals surface area contributed by atoms with Gasteiger partial charge in [-0.1, -0.05) is 91.0 Å². The Balaban J connectivity index is 1.23. The van der Waals surface area contributed by atoms with Gasteiger partial charge in [0.15, 0.2) is 5.58 Å². The molecule has 48 heavy (non-hydrogen) atoms. The van der Waals surface area contributed by atoms with Gasteiger partial charge in [-0.2, -0.15) is 0 Å². The molecule has 11 aromatic rings. The first-order valence-corrected chi connectivity index (χ1v) is 16.0. The highest BCUT2D eigenvalue weighted by Crippen LogP contribution is 2.40. The summed E-state index contributed by atoms with van der Waals surface area (Å²) in [6.45, 7) is 0. The van der Waals surface area contributed by atoms with Crippen LogP contribution in [0, 0.1) is 0 Å². The Morgan fingerprint density at radius 3 is 2.21 bits per heavy atom. The Bertz CT molecular complexity index is 3120. The van der Waals surface area contributed by atoms with Crippen LogP contribution in [0.5, 0.6) is 0 Å². The maximum Gasteiger partial charge on any atom is 0.152 e. The molecule has 0 bridgehead atoms. The van der Waals surface area contributed by atoms with Crippen LogP contribution < -0.4 is 0 Å². The normalized spacial score (nSPS) is 12.2. The van der Waals surface area contributed by atoms with E-state index in [1.807, 2.05) is 48.7 Å². The maximum absolute atomic E-state index is 6.30. The molecule has 11 rings (SSSR count). The van der Waals surface area contributed by atoms with E-state index < -0.39 is 0 Å². The SMILES string of the molecule is c1ccc(-c2nc3c(ccc4ccccc43)nc2-c2ccc3c(c2)c2ccccc2c2nc4cc5c(cn4c32)oc2ccccc25)nc1. The summed E-state index contributed by atoms with van der Waals surface area (Å²) in [5.41, 5.74) is 9.64.